The van der Waals surface area contributed by atoms with Gasteiger partial charge in [0.15, 0.2) is 0 Å². The molecule has 0 unspecified atom stereocenters. The lowest BCUT2D eigenvalue weighted by Gasteiger charge is -1.93. The average Bonchev–Trinajstić information content (AvgIpc) is 2.61. The number of amides is 1. The zero-order valence-electron chi connectivity index (χ0n) is 7.95. The third kappa shape index (κ3) is 7.46. The van der Waals surface area contributed by atoms with Crippen LogP contribution in [0.15, 0.2) is 17.5 Å². The zero-order valence-corrected chi connectivity index (χ0v) is 8.76. The van der Waals surface area contributed by atoms with Crippen LogP contribution in [-0.2, 0) is 11.2 Å². The Bertz CT molecular complexity index is 195. The second kappa shape index (κ2) is 11.1. The minimum Gasteiger partial charge on any atom is -0.358 e. The Morgan fingerprint density at radius 1 is 1.62 bits per heavy atom. The Labute approximate surface area is 83.8 Å². The van der Waals surface area contributed by atoms with Crippen LogP contribution in [0.4, 0.5) is 4.70 Å². The number of halogens is 1. The van der Waals surface area contributed by atoms with E-state index in [1.165, 1.54) is 4.88 Å². The number of hydrogen-bond donors (Lipinski definition) is 1. The fourth-order valence-electron chi connectivity index (χ4n) is 0.709. The monoisotopic (exact) mass is 207 g/mol. The molecule has 0 radical (unpaired) electrons. The van der Waals surface area contributed by atoms with Crippen LogP contribution in [-0.4, -0.2) is 13.0 Å². The van der Waals surface area contributed by atoms with Gasteiger partial charge in [-0.1, -0.05) is 19.9 Å². The molecule has 4 heteroatoms. The van der Waals surface area contributed by atoms with Crippen molar-refractivity contribution >= 4 is 17.7 Å². The van der Waals surface area contributed by atoms with E-state index in [1.807, 2.05) is 25.3 Å². The molecule has 1 heterocycles. The predicted octanol–water partition coefficient (Wildman–Crippen LogP) is 2.46. The van der Waals surface area contributed by atoms with Gasteiger partial charge in [0.2, 0.25) is 6.41 Å². The van der Waals surface area contributed by atoms with Gasteiger partial charge < -0.3 is 5.32 Å². The summed E-state index contributed by atoms with van der Waals surface area (Å²) in [7, 11) is 0. The normalized spacial score (nSPS) is 7.54. The summed E-state index contributed by atoms with van der Waals surface area (Å²) < 4.78 is 0. The first-order chi connectivity index (χ1) is 5.93. The van der Waals surface area contributed by atoms with E-state index >= 15 is 0 Å². The fourth-order valence-corrected chi connectivity index (χ4v) is 1.42. The molecule has 0 aliphatic heterocycles. The number of nitrogens with one attached hydrogen (secondary N) is 1. The Morgan fingerprint density at radius 3 is 2.77 bits per heavy atom. The number of hydrogen-bond acceptors (Lipinski definition) is 2. The van der Waals surface area contributed by atoms with Crippen molar-refractivity contribution in [3.05, 3.63) is 22.4 Å². The quantitative estimate of drug-likeness (QED) is 0.596. The van der Waals surface area contributed by atoms with E-state index in [4.69, 9.17) is 0 Å². The molecule has 0 atom stereocenters. The summed E-state index contributed by atoms with van der Waals surface area (Å²) in [6, 6.07) is 4.08. The molecular weight excluding hydrogens is 189 g/mol. The molecule has 1 amide bonds. The third-order valence-electron chi connectivity index (χ3n) is 1.18. The minimum absolute atomic E-state index is 0. The van der Waals surface area contributed by atoms with Gasteiger partial charge in [0.05, 0.1) is 0 Å². The molecule has 0 aromatic carbocycles. The van der Waals surface area contributed by atoms with E-state index in [9.17, 15) is 4.79 Å². The van der Waals surface area contributed by atoms with Crippen LogP contribution in [0, 0.1) is 0 Å². The first-order valence-corrected chi connectivity index (χ1v) is 5.01. The van der Waals surface area contributed by atoms with Gasteiger partial charge in [-0.25, -0.2) is 0 Å². The Kier molecular flexibility index (Phi) is 12.5. The maximum Gasteiger partial charge on any atom is 0.207 e. The third-order valence-corrected chi connectivity index (χ3v) is 2.12. The highest BCUT2D eigenvalue weighted by atomic mass is 32.1. The van der Waals surface area contributed by atoms with E-state index in [0.717, 1.165) is 19.4 Å². The summed E-state index contributed by atoms with van der Waals surface area (Å²) in [4.78, 5) is 11.1. The van der Waals surface area contributed by atoms with Crippen molar-refractivity contribution in [2.45, 2.75) is 20.3 Å². The van der Waals surface area contributed by atoms with Crippen molar-refractivity contribution in [3.8, 4) is 0 Å². The van der Waals surface area contributed by atoms with Crippen LogP contribution in [0.25, 0.3) is 0 Å². The molecule has 1 N–H and O–H groups in total. The van der Waals surface area contributed by atoms with Crippen LogP contribution in [0.2, 0.25) is 0 Å². The van der Waals surface area contributed by atoms with Gasteiger partial charge in [0.25, 0.3) is 0 Å². The van der Waals surface area contributed by atoms with Gasteiger partial charge in [-0.3, -0.25) is 9.50 Å². The van der Waals surface area contributed by atoms with Crippen molar-refractivity contribution in [2.24, 2.45) is 0 Å². The van der Waals surface area contributed by atoms with Gasteiger partial charge in [-0.2, -0.15) is 0 Å². The van der Waals surface area contributed by atoms with E-state index in [0.29, 0.717) is 0 Å². The molecule has 0 spiro atoms. The molecule has 0 bridgehead atoms. The molecule has 0 saturated carbocycles. The van der Waals surface area contributed by atoms with Crippen molar-refractivity contribution in [1.82, 2.24) is 5.32 Å². The molecule has 0 fully saturated rings. The number of carbonyl (C=O) groups is 1. The van der Waals surface area contributed by atoms with Gasteiger partial charge >= 0.3 is 0 Å². The lowest BCUT2D eigenvalue weighted by atomic mass is 10.3. The first-order valence-electron chi connectivity index (χ1n) is 4.13. The second-order valence-electron chi connectivity index (χ2n) is 1.90. The standard InChI is InChI=1S/C7H9NOS.C2H6.FH.H2/c9-6-8-4-3-7-2-1-5-10-7;1-2;;/h1-2,5-6H,3-4H2,(H,8,9);1-2H3;2*1H. The summed E-state index contributed by atoms with van der Waals surface area (Å²) >= 11 is 1.72. The van der Waals surface area contributed by atoms with Gasteiger partial charge in [0.1, 0.15) is 0 Å². The molecule has 13 heavy (non-hydrogen) atoms. The van der Waals surface area contributed by atoms with Gasteiger partial charge in [-0.15, -0.1) is 11.3 Å². The summed E-state index contributed by atoms with van der Waals surface area (Å²) in [6.45, 7) is 4.74. The van der Waals surface area contributed by atoms with Crippen LogP contribution in [0.3, 0.4) is 0 Å². The van der Waals surface area contributed by atoms with E-state index in [-0.39, 0.29) is 6.13 Å². The lowest BCUT2D eigenvalue weighted by molar-refractivity contribution is -0.109. The van der Waals surface area contributed by atoms with Crippen molar-refractivity contribution in [2.75, 3.05) is 6.54 Å². The fraction of sp³-hybridized carbons (Fsp3) is 0.444. The van der Waals surface area contributed by atoms with Crippen LogP contribution in [0.1, 0.15) is 20.2 Å². The minimum atomic E-state index is 0. The first kappa shape index (κ1) is 14.6. The van der Waals surface area contributed by atoms with Crippen LogP contribution < -0.4 is 5.32 Å². The Hall–Kier alpha value is -0.900. The molecule has 0 saturated heterocycles. The van der Waals surface area contributed by atoms with Crippen LogP contribution >= 0.6 is 11.3 Å². The van der Waals surface area contributed by atoms with Gasteiger partial charge in [0, 0.05) is 12.8 Å². The maximum atomic E-state index is 9.83. The number of rotatable bonds is 4. The average molecular weight is 207 g/mol. The smallest absolute Gasteiger partial charge is 0.207 e. The van der Waals surface area contributed by atoms with E-state index < -0.39 is 0 Å². The molecule has 0 aliphatic rings. The largest absolute Gasteiger partial charge is 0.358 e. The van der Waals surface area contributed by atoms with Crippen molar-refractivity contribution in [3.63, 3.8) is 0 Å². The lowest BCUT2D eigenvalue weighted by Crippen LogP contribution is -2.13. The molecular formula is C9H18FNOS. The molecule has 2 nitrogen and oxygen atoms in total. The molecule has 1 aromatic rings. The zero-order chi connectivity index (χ0) is 9.23. The van der Waals surface area contributed by atoms with E-state index in [2.05, 4.69) is 11.4 Å². The van der Waals surface area contributed by atoms with Crippen LogP contribution in [0.5, 0.6) is 0 Å². The summed E-state index contributed by atoms with van der Waals surface area (Å²) in [5, 5.41) is 4.65. The Morgan fingerprint density at radius 2 is 2.31 bits per heavy atom. The number of carbonyl (C=O) groups excluding carboxylic acids is 1. The molecule has 78 valence electrons. The number of thiophene rings is 1. The van der Waals surface area contributed by atoms with Gasteiger partial charge in [-0.05, 0) is 17.9 Å². The Balaban J connectivity index is -0.000000284. The predicted molar refractivity (Wildman–Crippen MR) is 58.1 cm³/mol. The highest BCUT2D eigenvalue weighted by Gasteiger charge is 1.90. The second-order valence-corrected chi connectivity index (χ2v) is 2.93. The summed E-state index contributed by atoms with van der Waals surface area (Å²) in [6.07, 6.45) is 1.67. The highest BCUT2D eigenvalue weighted by Crippen LogP contribution is 2.07. The SMILES string of the molecule is CC.F.O=CNCCc1cccs1.[HH]. The van der Waals surface area contributed by atoms with Crippen molar-refractivity contribution < 1.29 is 10.9 Å². The molecule has 0 aliphatic carbocycles. The summed E-state index contributed by atoms with van der Waals surface area (Å²) in [5.74, 6) is 0. The topological polar surface area (TPSA) is 29.1 Å². The molecule has 1 rings (SSSR count). The maximum absolute atomic E-state index is 9.83. The van der Waals surface area contributed by atoms with E-state index in [1.54, 1.807) is 11.3 Å². The highest BCUT2D eigenvalue weighted by molar-refractivity contribution is 7.09. The van der Waals surface area contributed by atoms with Crippen molar-refractivity contribution in [1.29, 1.82) is 0 Å². The summed E-state index contributed by atoms with van der Waals surface area (Å²) in [5.41, 5.74) is 0. The molecule has 1 aromatic heterocycles.